The van der Waals surface area contributed by atoms with Crippen LogP contribution >= 0.6 is 0 Å². The number of aliphatic hydroxyl groups excluding tert-OH is 1. The number of aliphatic carboxylic acids is 1. The Morgan fingerprint density at radius 2 is 1.69 bits per heavy atom. The first kappa shape index (κ1) is 27.1. The molecule has 0 heterocycles. The summed E-state index contributed by atoms with van der Waals surface area (Å²) in [4.78, 5) is 48.3. The Kier molecular flexibility index (Phi) is 7.32. The van der Waals surface area contributed by atoms with Gasteiger partial charge >= 0.3 is 17.9 Å². The maximum atomic E-state index is 12.5. The second-order valence-electron chi connectivity index (χ2n) is 12.5. The molecule has 202 valence electrons. The molecule has 8 nitrogen and oxygen atoms in total. The van der Waals surface area contributed by atoms with E-state index in [1.54, 1.807) is 0 Å². The number of ether oxygens (including phenoxy) is 2. The van der Waals surface area contributed by atoms with Gasteiger partial charge in [-0.05, 0) is 67.6 Å². The summed E-state index contributed by atoms with van der Waals surface area (Å²) in [6.45, 7) is 9.28. The number of ketones is 1. The fraction of sp³-hybridized carbons (Fsp3) is 0.857. The Labute approximate surface area is 213 Å². The molecule has 0 aromatic heterocycles. The van der Waals surface area contributed by atoms with E-state index in [9.17, 15) is 29.4 Å². The van der Waals surface area contributed by atoms with Gasteiger partial charge in [0.25, 0.3) is 0 Å². The first-order chi connectivity index (χ1) is 16.8. The number of hydrogen-bond acceptors (Lipinski definition) is 7. The lowest BCUT2D eigenvalue weighted by Crippen LogP contribution is -2.65. The van der Waals surface area contributed by atoms with Gasteiger partial charge < -0.3 is 19.7 Å². The summed E-state index contributed by atoms with van der Waals surface area (Å²) in [7, 11) is 0. The summed E-state index contributed by atoms with van der Waals surface area (Å²) in [5.74, 6) is -1.48. The number of Topliss-reactive ketones (excluding diaryl/α,β-unsaturated/α-hetero) is 1. The van der Waals surface area contributed by atoms with E-state index in [4.69, 9.17) is 9.47 Å². The Balaban J connectivity index is 1.76. The highest BCUT2D eigenvalue weighted by molar-refractivity contribution is 5.84. The number of hydrogen-bond donors (Lipinski definition) is 2. The molecule has 4 saturated carbocycles. The largest absolute Gasteiger partial charge is 0.481 e. The molecule has 2 N–H and O–H groups in total. The molecule has 0 bridgehead atoms. The van der Waals surface area contributed by atoms with Gasteiger partial charge in [-0.1, -0.05) is 20.8 Å². The Morgan fingerprint density at radius 1 is 1.03 bits per heavy atom. The number of rotatable bonds is 6. The predicted octanol–water partition coefficient (Wildman–Crippen LogP) is 3.77. The number of carbonyl (C=O) groups is 4. The average Bonchev–Trinajstić information content (AvgIpc) is 3.14. The Bertz CT molecular complexity index is 915. The van der Waals surface area contributed by atoms with E-state index < -0.39 is 18.2 Å². The molecule has 8 heteroatoms. The van der Waals surface area contributed by atoms with Gasteiger partial charge in [-0.15, -0.1) is 0 Å². The molecule has 0 radical (unpaired) electrons. The van der Waals surface area contributed by atoms with Gasteiger partial charge in [0.05, 0.1) is 0 Å². The smallest absolute Gasteiger partial charge is 0.303 e. The van der Waals surface area contributed by atoms with Crippen molar-refractivity contribution in [1.82, 2.24) is 0 Å². The molecule has 36 heavy (non-hydrogen) atoms. The highest BCUT2D eigenvalue weighted by Crippen LogP contribution is 2.69. The first-order valence-electron chi connectivity index (χ1n) is 13.6. The van der Waals surface area contributed by atoms with Crippen LogP contribution in [-0.4, -0.2) is 52.2 Å². The third-order valence-corrected chi connectivity index (χ3v) is 10.8. The summed E-state index contributed by atoms with van der Waals surface area (Å²) < 4.78 is 12.0. The molecule has 11 atom stereocenters. The zero-order valence-electron chi connectivity index (χ0n) is 22.2. The minimum Gasteiger partial charge on any atom is -0.481 e. The minimum absolute atomic E-state index is 0.0267. The molecule has 0 spiro atoms. The van der Waals surface area contributed by atoms with Crippen LogP contribution in [0.2, 0.25) is 0 Å². The van der Waals surface area contributed by atoms with Crippen LogP contribution in [0.3, 0.4) is 0 Å². The van der Waals surface area contributed by atoms with Gasteiger partial charge in [-0.3, -0.25) is 19.2 Å². The zero-order valence-corrected chi connectivity index (χ0v) is 22.2. The summed E-state index contributed by atoms with van der Waals surface area (Å²) in [6.07, 6.45) is 2.63. The monoisotopic (exact) mass is 506 g/mol. The molecule has 0 aromatic rings. The molecule has 4 rings (SSSR count). The van der Waals surface area contributed by atoms with Crippen molar-refractivity contribution in [2.75, 3.05) is 0 Å². The topological polar surface area (TPSA) is 127 Å². The maximum Gasteiger partial charge on any atom is 0.303 e. The van der Waals surface area contributed by atoms with Gasteiger partial charge in [-0.2, -0.15) is 0 Å². The van der Waals surface area contributed by atoms with Gasteiger partial charge in [0.15, 0.2) is 5.78 Å². The number of fused-ring (bicyclic) bond motifs is 5. The minimum atomic E-state index is -1.07. The van der Waals surface area contributed by atoms with E-state index in [1.807, 2.05) is 0 Å². The third-order valence-electron chi connectivity index (χ3n) is 10.8. The van der Waals surface area contributed by atoms with Crippen LogP contribution in [0.5, 0.6) is 0 Å². The van der Waals surface area contributed by atoms with Crippen LogP contribution in [0.25, 0.3) is 0 Å². The van der Waals surface area contributed by atoms with Crippen LogP contribution in [0, 0.1) is 46.3 Å². The number of carbonyl (C=O) groups excluding carboxylic acids is 3. The van der Waals surface area contributed by atoms with Gasteiger partial charge in [0.1, 0.15) is 18.3 Å². The molecular weight excluding hydrogens is 464 g/mol. The van der Waals surface area contributed by atoms with Crippen molar-refractivity contribution in [1.29, 1.82) is 0 Å². The quantitative estimate of drug-likeness (QED) is 0.521. The van der Waals surface area contributed by atoms with Gasteiger partial charge in [0, 0.05) is 43.9 Å². The van der Waals surface area contributed by atoms with Crippen molar-refractivity contribution in [2.24, 2.45) is 46.3 Å². The predicted molar refractivity (Wildman–Crippen MR) is 130 cm³/mol. The van der Waals surface area contributed by atoms with Crippen molar-refractivity contribution in [2.45, 2.75) is 104 Å². The molecule has 0 aromatic carbocycles. The van der Waals surface area contributed by atoms with E-state index in [-0.39, 0.29) is 76.6 Å². The summed E-state index contributed by atoms with van der Waals surface area (Å²) in [6, 6.07) is 0. The number of carboxylic acid groups (broad SMARTS) is 1. The molecule has 4 aliphatic rings. The van der Waals surface area contributed by atoms with E-state index in [0.29, 0.717) is 32.1 Å². The Morgan fingerprint density at radius 3 is 2.31 bits per heavy atom. The normalized spacial score (nSPS) is 44.6. The van der Waals surface area contributed by atoms with E-state index in [2.05, 4.69) is 20.8 Å². The zero-order chi connectivity index (χ0) is 26.6. The summed E-state index contributed by atoms with van der Waals surface area (Å²) in [5.41, 5.74) is -0.711. The van der Waals surface area contributed by atoms with Crippen molar-refractivity contribution < 1.29 is 38.9 Å². The van der Waals surface area contributed by atoms with Crippen molar-refractivity contribution in [3.63, 3.8) is 0 Å². The molecular formula is C28H42O8. The van der Waals surface area contributed by atoms with Crippen molar-refractivity contribution >= 4 is 23.7 Å². The van der Waals surface area contributed by atoms with Crippen molar-refractivity contribution in [3.05, 3.63) is 0 Å². The standard InChI is InChI=1S/C28H42O8/c1-14(6-9-24(32)33)17-7-8-18-25-19(13-23(28(17,18)5)36-16(3)30)27(4)11-10-21(31)26(34)20(27)12-22(25)35-15(2)29/h14,17-20,22-23,25-26,34H,6-13H2,1-5H3,(H,32,33)/t14-,17?,18+,19+,20-,22-,23+,25+,26+,27-,28-/m1/s1. The lowest BCUT2D eigenvalue weighted by Gasteiger charge is -2.64. The van der Waals surface area contributed by atoms with E-state index in [0.717, 1.165) is 12.8 Å². The van der Waals surface area contributed by atoms with Crippen LogP contribution in [0.4, 0.5) is 0 Å². The highest BCUT2D eigenvalue weighted by atomic mass is 16.5. The van der Waals surface area contributed by atoms with Gasteiger partial charge in [0.2, 0.25) is 0 Å². The SMILES string of the molecule is CC(=O)O[C@H]1C[C@H]2[C@@H]([C@H](OC(C)=O)C[C@@H]3[C@H](O)C(=O)CC[C@@]32C)[C@@H]2CCC([C@H](C)CCC(=O)O)[C@@]12C. The van der Waals surface area contributed by atoms with Crippen LogP contribution in [0.1, 0.15) is 86.0 Å². The molecule has 4 aliphatic carbocycles. The maximum absolute atomic E-state index is 12.5. The third kappa shape index (κ3) is 4.37. The first-order valence-corrected chi connectivity index (χ1v) is 13.6. The Hall–Kier alpha value is -1.96. The average molecular weight is 507 g/mol. The number of esters is 2. The molecule has 0 aliphatic heterocycles. The number of aliphatic hydroxyl groups is 1. The summed E-state index contributed by atoms with van der Waals surface area (Å²) >= 11 is 0. The van der Waals surface area contributed by atoms with Crippen LogP contribution < -0.4 is 0 Å². The molecule has 4 fully saturated rings. The van der Waals surface area contributed by atoms with E-state index in [1.165, 1.54) is 13.8 Å². The highest BCUT2D eigenvalue weighted by Gasteiger charge is 2.68. The second kappa shape index (κ2) is 9.73. The molecule has 1 unspecified atom stereocenters. The van der Waals surface area contributed by atoms with Gasteiger partial charge in [-0.25, -0.2) is 0 Å². The van der Waals surface area contributed by atoms with Crippen molar-refractivity contribution in [3.8, 4) is 0 Å². The summed E-state index contributed by atoms with van der Waals surface area (Å²) in [5, 5.41) is 20.2. The second-order valence-corrected chi connectivity index (χ2v) is 12.5. The lowest BCUT2D eigenvalue weighted by molar-refractivity contribution is -0.227. The van der Waals surface area contributed by atoms with Crippen LogP contribution in [0.15, 0.2) is 0 Å². The fourth-order valence-corrected chi connectivity index (χ4v) is 9.23. The molecule has 0 amide bonds. The number of carboxylic acids is 1. The lowest BCUT2D eigenvalue weighted by atomic mass is 9.42. The molecule has 0 saturated heterocycles. The fourth-order valence-electron chi connectivity index (χ4n) is 9.23. The van der Waals surface area contributed by atoms with E-state index >= 15 is 0 Å². The van der Waals surface area contributed by atoms with Crippen LogP contribution in [-0.2, 0) is 28.7 Å².